The fourth-order valence-corrected chi connectivity index (χ4v) is 2.06. The number of carbonyl (C=O) groups excluding carboxylic acids is 1. The molecule has 6 heteroatoms. The Kier molecular flexibility index (Phi) is 4.12. The number of benzene rings is 1. The van der Waals surface area contributed by atoms with E-state index in [1.165, 1.54) is 19.2 Å². The highest BCUT2D eigenvalue weighted by Gasteiger charge is 2.19. The standard InChI is InChI=1S/C14H16FN3O2/c1-4-12-13(14(19)20-3)16-17-18(12)8-10-5-6-11(15)7-9(10)2/h5-7H,4,8H2,1-3H3. The van der Waals surface area contributed by atoms with Gasteiger partial charge in [-0.1, -0.05) is 18.2 Å². The molecule has 0 amide bonds. The molecule has 2 rings (SSSR count). The highest BCUT2D eigenvalue weighted by atomic mass is 19.1. The number of rotatable bonds is 4. The summed E-state index contributed by atoms with van der Waals surface area (Å²) < 4.78 is 19.4. The highest BCUT2D eigenvalue weighted by Crippen LogP contribution is 2.14. The topological polar surface area (TPSA) is 57.0 Å². The van der Waals surface area contributed by atoms with Gasteiger partial charge in [0, 0.05) is 0 Å². The Balaban J connectivity index is 2.34. The van der Waals surface area contributed by atoms with Crippen molar-refractivity contribution in [1.29, 1.82) is 0 Å². The molecule has 0 spiro atoms. The molecule has 20 heavy (non-hydrogen) atoms. The van der Waals surface area contributed by atoms with Crippen molar-refractivity contribution in [2.75, 3.05) is 7.11 Å². The van der Waals surface area contributed by atoms with Crippen LogP contribution in [0.2, 0.25) is 0 Å². The summed E-state index contributed by atoms with van der Waals surface area (Å²) in [4.78, 5) is 11.6. The minimum absolute atomic E-state index is 0.231. The lowest BCUT2D eigenvalue weighted by Gasteiger charge is -2.08. The van der Waals surface area contributed by atoms with E-state index in [2.05, 4.69) is 15.0 Å². The van der Waals surface area contributed by atoms with Gasteiger partial charge in [0.15, 0.2) is 5.69 Å². The molecule has 0 radical (unpaired) electrons. The van der Waals surface area contributed by atoms with E-state index in [1.54, 1.807) is 10.7 Å². The first-order chi connectivity index (χ1) is 9.56. The zero-order valence-corrected chi connectivity index (χ0v) is 11.7. The number of nitrogens with zero attached hydrogens (tertiary/aromatic N) is 3. The second kappa shape index (κ2) is 5.81. The summed E-state index contributed by atoms with van der Waals surface area (Å²) >= 11 is 0. The first-order valence-electron chi connectivity index (χ1n) is 6.32. The van der Waals surface area contributed by atoms with Gasteiger partial charge in [0.25, 0.3) is 0 Å². The van der Waals surface area contributed by atoms with Crippen LogP contribution in [0.3, 0.4) is 0 Å². The van der Waals surface area contributed by atoms with Crippen LogP contribution in [0.5, 0.6) is 0 Å². The molecule has 1 aromatic heterocycles. The van der Waals surface area contributed by atoms with E-state index >= 15 is 0 Å². The third-order valence-electron chi connectivity index (χ3n) is 3.18. The predicted octanol–water partition coefficient (Wildman–Crippen LogP) is 2.12. The lowest BCUT2D eigenvalue weighted by molar-refractivity contribution is 0.0592. The summed E-state index contributed by atoms with van der Waals surface area (Å²) in [6.45, 7) is 4.20. The summed E-state index contributed by atoms with van der Waals surface area (Å²) in [5.74, 6) is -0.764. The fourth-order valence-electron chi connectivity index (χ4n) is 2.06. The first-order valence-corrected chi connectivity index (χ1v) is 6.32. The Morgan fingerprint density at radius 3 is 2.80 bits per heavy atom. The molecule has 0 unspecified atom stereocenters. The first kappa shape index (κ1) is 14.2. The van der Waals surface area contributed by atoms with Crippen LogP contribution < -0.4 is 0 Å². The molecule has 2 aromatic rings. The van der Waals surface area contributed by atoms with Gasteiger partial charge in [-0.2, -0.15) is 0 Å². The zero-order valence-electron chi connectivity index (χ0n) is 11.7. The predicted molar refractivity (Wildman–Crippen MR) is 71.0 cm³/mol. The van der Waals surface area contributed by atoms with E-state index in [4.69, 9.17) is 0 Å². The molecule has 0 N–H and O–H groups in total. The van der Waals surface area contributed by atoms with Crippen molar-refractivity contribution in [2.24, 2.45) is 0 Å². The van der Waals surface area contributed by atoms with Gasteiger partial charge in [0.05, 0.1) is 19.3 Å². The summed E-state index contributed by atoms with van der Waals surface area (Å²) in [5, 5.41) is 7.85. The van der Waals surface area contributed by atoms with Crippen molar-refractivity contribution in [3.05, 3.63) is 46.5 Å². The smallest absolute Gasteiger partial charge is 0.360 e. The Bertz CT molecular complexity index is 637. The third-order valence-corrected chi connectivity index (χ3v) is 3.18. The Morgan fingerprint density at radius 1 is 1.45 bits per heavy atom. The number of methoxy groups -OCH3 is 1. The number of carbonyl (C=O) groups is 1. The van der Waals surface area contributed by atoms with Gasteiger partial charge in [0.1, 0.15) is 5.82 Å². The third kappa shape index (κ3) is 2.68. The lowest BCUT2D eigenvalue weighted by Crippen LogP contribution is -2.10. The number of hydrogen-bond acceptors (Lipinski definition) is 4. The number of aryl methyl sites for hydroxylation is 1. The molecule has 1 aromatic carbocycles. The normalized spacial score (nSPS) is 10.6. The number of ether oxygens (including phenoxy) is 1. The summed E-state index contributed by atoms with van der Waals surface area (Å²) in [6, 6.07) is 4.59. The molecule has 106 valence electrons. The van der Waals surface area contributed by atoms with Crippen LogP contribution in [0.1, 0.15) is 34.2 Å². The average molecular weight is 277 g/mol. The molecule has 0 saturated heterocycles. The average Bonchev–Trinajstić information content (AvgIpc) is 2.83. The maximum Gasteiger partial charge on any atom is 0.360 e. The van der Waals surface area contributed by atoms with Gasteiger partial charge < -0.3 is 4.74 Å². The Morgan fingerprint density at radius 2 is 2.20 bits per heavy atom. The van der Waals surface area contributed by atoms with Crippen LogP contribution in [0.4, 0.5) is 4.39 Å². The van der Waals surface area contributed by atoms with Crippen molar-refractivity contribution >= 4 is 5.97 Å². The number of hydrogen-bond donors (Lipinski definition) is 0. The summed E-state index contributed by atoms with van der Waals surface area (Å²) in [7, 11) is 1.31. The van der Waals surface area contributed by atoms with Crippen LogP contribution >= 0.6 is 0 Å². The van der Waals surface area contributed by atoms with E-state index in [9.17, 15) is 9.18 Å². The van der Waals surface area contributed by atoms with Crippen molar-refractivity contribution in [3.8, 4) is 0 Å². The van der Waals surface area contributed by atoms with E-state index in [-0.39, 0.29) is 11.5 Å². The van der Waals surface area contributed by atoms with E-state index in [1.807, 2.05) is 13.8 Å². The molecule has 1 heterocycles. The summed E-state index contributed by atoms with van der Waals surface area (Å²) in [5.41, 5.74) is 2.71. The zero-order chi connectivity index (χ0) is 14.7. The van der Waals surface area contributed by atoms with Gasteiger partial charge >= 0.3 is 5.97 Å². The van der Waals surface area contributed by atoms with Crippen LogP contribution in [-0.2, 0) is 17.7 Å². The van der Waals surface area contributed by atoms with E-state index in [0.29, 0.717) is 18.7 Å². The molecule has 0 aliphatic heterocycles. The Labute approximate surface area is 116 Å². The molecule has 0 fully saturated rings. The molecular formula is C14H16FN3O2. The number of aromatic nitrogens is 3. The lowest BCUT2D eigenvalue weighted by atomic mass is 10.1. The molecule has 5 nitrogen and oxygen atoms in total. The molecule has 0 aliphatic rings. The minimum Gasteiger partial charge on any atom is -0.464 e. The van der Waals surface area contributed by atoms with Crippen molar-refractivity contribution in [3.63, 3.8) is 0 Å². The molecule has 0 aliphatic carbocycles. The van der Waals surface area contributed by atoms with Gasteiger partial charge in [-0.15, -0.1) is 5.10 Å². The number of esters is 1. The van der Waals surface area contributed by atoms with Gasteiger partial charge in [-0.05, 0) is 36.6 Å². The van der Waals surface area contributed by atoms with Gasteiger partial charge in [0.2, 0.25) is 0 Å². The van der Waals surface area contributed by atoms with Gasteiger partial charge in [-0.3, -0.25) is 0 Å². The number of halogens is 1. The minimum atomic E-state index is -0.496. The molecule has 0 bridgehead atoms. The van der Waals surface area contributed by atoms with Crippen molar-refractivity contribution in [1.82, 2.24) is 15.0 Å². The van der Waals surface area contributed by atoms with Crippen LogP contribution in [0, 0.1) is 12.7 Å². The highest BCUT2D eigenvalue weighted by molar-refractivity contribution is 5.88. The van der Waals surface area contributed by atoms with E-state index in [0.717, 1.165) is 11.1 Å². The second-order valence-electron chi connectivity index (χ2n) is 4.46. The SMILES string of the molecule is CCc1c(C(=O)OC)nnn1Cc1ccc(F)cc1C. The maximum atomic E-state index is 13.1. The van der Waals surface area contributed by atoms with Crippen molar-refractivity contribution in [2.45, 2.75) is 26.8 Å². The van der Waals surface area contributed by atoms with Crippen LogP contribution in [0.25, 0.3) is 0 Å². The second-order valence-corrected chi connectivity index (χ2v) is 4.46. The fraction of sp³-hybridized carbons (Fsp3) is 0.357. The van der Waals surface area contributed by atoms with E-state index < -0.39 is 5.97 Å². The van der Waals surface area contributed by atoms with Crippen molar-refractivity contribution < 1.29 is 13.9 Å². The molecule has 0 atom stereocenters. The van der Waals surface area contributed by atoms with Gasteiger partial charge in [-0.25, -0.2) is 13.9 Å². The quantitative estimate of drug-likeness (QED) is 0.803. The molecule has 0 saturated carbocycles. The maximum absolute atomic E-state index is 13.1. The molecular weight excluding hydrogens is 261 g/mol. The Hall–Kier alpha value is -2.24. The largest absolute Gasteiger partial charge is 0.464 e. The van der Waals surface area contributed by atoms with Crippen LogP contribution in [0.15, 0.2) is 18.2 Å². The van der Waals surface area contributed by atoms with Crippen LogP contribution in [-0.4, -0.2) is 28.1 Å². The monoisotopic (exact) mass is 277 g/mol. The summed E-state index contributed by atoms with van der Waals surface area (Å²) in [6.07, 6.45) is 0.609.